The molecule has 0 aliphatic carbocycles. The van der Waals surface area contributed by atoms with Gasteiger partial charge in [-0.25, -0.2) is 8.42 Å². The predicted octanol–water partition coefficient (Wildman–Crippen LogP) is 6.02. The molecule has 0 aliphatic rings. The number of sulfonamides is 1. The molecule has 4 aromatic carbocycles. The van der Waals surface area contributed by atoms with Crippen LogP contribution in [0.2, 0.25) is 5.02 Å². The number of rotatable bonds is 13. The molecular weight excluding hydrogens is 610 g/mol. The molecule has 2 amide bonds. The standard InChI is InChI=1S/C35H38ClN3O5S/c1-25(2)37-35(41)33(22-27-11-6-5-7-12-27)38(23-28-13-10-14-29(21-28)44-4)34(40)24-39(32-16-9-8-15-31(32)36)45(42,43)30-19-17-26(3)18-20-30/h5-21,25,33H,22-24H2,1-4H3,(H,37,41). The van der Waals surface area contributed by atoms with Crippen LogP contribution in [0, 0.1) is 6.92 Å². The van der Waals surface area contributed by atoms with E-state index in [4.69, 9.17) is 16.3 Å². The Hall–Kier alpha value is -4.34. The number of nitrogens with one attached hydrogen (secondary N) is 1. The summed E-state index contributed by atoms with van der Waals surface area (Å²) in [5.74, 6) is -0.338. The third-order valence-electron chi connectivity index (χ3n) is 7.20. The van der Waals surface area contributed by atoms with E-state index in [-0.39, 0.29) is 40.5 Å². The largest absolute Gasteiger partial charge is 0.497 e. The minimum absolute atomic E-state index is 0.0125. The van der Waals surface area contributed by atoms with Crippen LogP contribution in [0.3, 0.4) is 0 Å². The number of halogens is 1. The van der Waals surface area contributed by atoms with Gasteiger partial charge in [0.15, 0.2) is 0 Å². The quantitative estimate of drug-likeness (QED) is 0.192. The van der Waals surface area contributed by atoms with Crippen LogP contribution in [-0.4, -0.2) is 50.9 Å². The number of aryl methyl sites for hydroxylation is 1. The van der Waals surface area contributed by atoms with Crippen LogP contribution >= 0.6 is 11.6 Å². The molecule has 0 saturated heterocycles. The summed E-state index contributed by atoms with van der Waals surface area (Å²) in [7, 11) is -2.70. The summed E-state index contributed by atoms with van der Waals surface area (Å²) in [4.78, 5) is 29.8. The number of carbonyl (C=O) groups is 2. The van der Waals surface area contributed by atoms with Crippen molar-refractivity contribution in [3.05, 3.63) is 125 Å². The Labute approximate surface area is 270 Å². The fourth-order valence-corrected chi connectivity index (χ4v) is 6.63. The summed E-state index contributed by atoms with van der Waals surface area (Å²) in [6.07, 6.45) is 0.214. The summed E-state index contributed by atoms with van der Waals surface area (Å²) in [6, 6.07) is 28.3. The van der Waals surface area contributed by atoms with Crippen LogP contribution in [0.5, 0.6) is 5.75 Å². The van der Waals surface area contributed by atoms with Crippen LogP contribution in [0.15, 0.2) is 108 Å². The summed E-state index contributed by atoms with van der Waals surface area (Å²) in [5, 5.41) is 3.12. The molecular formula is C35H38ClN3O5S. The Balaban J connectivity index is 1.82. The maximum absolute atomic E-state index is 14.5. The summed E-state index contributed by atoms with van der Waals surface area (Å²) < 4.78 is 34.7. The molecule has 0 fully saturated rings. The zero-order chi connectivity index (χ0) is 32.6. The van der Waals surface area contributed by atoms with Gasteiger partial charge in [-0.05, 0) is 68.3 Å². The number of carbonyl (C=O) groups excluding carboxylic acids is 2. The van der Waals surface area contributed by atoms with Crippen molar-refractivity contribution in [3.8, 4) is 5.75 Å². The third-order valence-corrected chi connectivity index (χ3v) is 9.29. The average Bonchev–Trinajstić information content (AvgIpc) is 3.02. The van der Waals surface area contributed by atoms with Gasteiger partial charge in [-0.15, -0.1) is 0 Å². The van der Waals surface area contributed by atoms with E-state index < -0.39 is 28.5 Å². The van der Waals surface area contributed by atoms with E-state index >= 15 is 0 Å². The van der Waals surface area contributed by atoms with E-state index in [2.05, 4.69) is 5.32 Å². The molecule has 0 heterocycles. The normalized spacial score (nSPS) is 12.0. The molecule has 1 N–H and O–H groups in total. The van der Waals surface area contributed by atoms with Gasteiger partial charge in [0.25, 0.3) is 10.0 Å². The minimum atomic E-state index is -4.25. The minimum Gasteiger partial charge on any atom is -0.497 e. The van der Waals surface area contributed by atoms with Gasteiger partial charge in [0, 0.05) is 19.0 Å². The van der Waals surface area contributed by atoms with Crippen molar-refractivity contribution in [2.45, 2.75) is 50.7 Å². The molecule has 0 bridgehead atoms. The van der Waals surface area contributed by atoms with E-state index in [0.717, 1.165) is 15.4 Å². The fraction of sp³-hybridized carbons (Fsp3) is 0.257. The molecule has 8 nitrogen and oxygen atoms in total. The number of benzene rings is 4. The smallest absolute Gasteiger partial charge is 0.264 e. The predicted molar refractivity (Wildman–Crippen MR) is 178 cm³/mol. The van der Waals surface area contributed by atoms with Gasteiger partial charge in [-0.2, -0.15) is 0 Å². The van der Waals surface area contributed by atoms with Crippen LogP contribution in [0.1, 0.15) is 30.5 Å². The second-order valence-corrected chi connectivity index (χ2v) is 13.3. The van der Waals surface area contributed by atoms with Crippen LogP contribution in [-0.2, 0) is 32.6 Å². The van der Waals surface area contributed by atoms with E-state index in [0.29, 0.717) is 11.3 Å². The first kappa shape index (κ1) is 33.6. The van der Waals surface area contributed by atoms with Crippen molar-refractivity contribution in [1.82, 2.24) is 10.2 Å². The molecule has 1 unspecified atom stereocenters. The van der Waals surface area contributed by atoms with Crippen molar-refractivity contribution < 1.29 is 22.7 Å². The van der Waals surface area contributed by atoms with E-state index in [1.807, 2.05) is 57.2 Å². The average molecular weight is 648 g/mol. The molecule has 0 saturated carbocycles. The molecule has 4 rings (SSSR count). The SMILES string of the molecule is COc1cccc(CN(C(=O)CN(c2ccccc2Cl)S(=O)(=O)c2ccc(C)cc2)C(Cc2ccccc2)C(=O)NC(C)C)c1. The van der Waals surface area contributed by atoms with Gasteiger partial charge in [0.2, 0.25) is 11.8 Å². The molecule has 0 aliphatic heterocycles. The highest BCUT2D eigenvalue weighted by atomic mass is 35.5. The number of hydrogen-bond acceptors (Lipinski definition) is 5. The lowest BCUT2D eigenvalue weighted by Gasteiger charge is -2.34. The highest BCUT2D eigenvalue weighted by Crippen LogP contribution is 2.31. The number of hydrogen-bond donors (Lipinski definition) is 1. The number of para-hydroxylation sites is 1. The van der Waals surface area contributed by atoms with Crippen LogP contribution in [0.25, 0.3) is 0 Å². The topological polar surface area (TPSA) is 96.0 Å². The Morgan fingerprint density at radius 3 is 2.16 bits per heavy atom. The fourth-order valence-electron chi connectivity index (χ4n) is 4.91. The zero-order valence-electron chi connectivity index (χ0n) is 25.8. The molecule has 4 aromatic rings. The highest BCUT2D eigenvalue weighted by molar-refractivity contribution is 7.92. The second kappa shape index (κ2) is 15.1. The molecule has 1 atom stereocenters. The van der Waals surface area contributed by atoms with Crippen LogP contribution in [0.4, 0.5) is 5.69 Å². The zero-order valence-corrected chi connectivity index (χ0v) is 27.4. The Morgan fingerprint density at radius 1 is 0.867 bits per heavy atom. The monoisotopic (exact) mass is 647 g/mol. The summed E-state index contributed by atoms with van der Waals surface area (Å²) in [5.41, 5.74) is 2.60. The molecule has 45 heavy (non-hydrogen) atoms. The van der Waals surface area contributed by atoms with E-state index in [9.17, 15) is 18.0 Å². The summed E-state index contributed by atoms with van der Waals surface area (Å²) >= 11 is 6.53. The van der Waals surface area contributed by atoms with Gasteiger partial charge in [0.1, 0.15) is 18.3 Å². The van der Waals surface area contributed by atoms with Crippen molar-refractivity contribution in [3.63, 3.8) is 0 Å². The first-order chi connectivity index (χ1) is 21.5. The molecule has 0 spiro atoms. The van der Waals surface area contributed by atoms with Crippen molar-refractivity contribution in [2.24, 2.45) is 0 Å². The summed E-state index contributed by atoms with van der Waals surface area (Å²) in [6.45, 7) is 4.99. The highest BCUT2D eigenvalue weighted by Gasteiger charge is 2.35. The van der Waals surface area contributed by atoms with Crippen LogP contribution < -0.4 is 14.4 Å². The van der Waals surface area contributed by atoms with Gasteiger partial charge >= 0.3 is 0 Å². The Bertz CT molecular complexity index is 1710. The van der Waals surface area contributed by atoms with E-state index in [1.165, 1.54) is 17.0 Å². The third kappa shape index (κ3) is 8.65. The van der Waals surface area contributed by atoms with Gasteiger partial charge in [-0.1, -0.05) is 83.9 Å². The number of nitrogens with zero attached hydrogens (tertiary/aromatic N) is 2. The number of anilines is 1. The van der Waals surface area contributed by atoms with Crippen molar-refractivity contribution in [2.75, 3.05) is 18.0 Å². The molecule has 10 heteroatoms. The van der Waals surface area contributed by atoms with Gasteiger partial charge < -0.3 is 15.0 Å². The van der Waals surface area contributed by atoms with E-state index in [1.54, 1.807) is 61.7 Å². The maximum atomic E-state index is 14.5. The Kier molecular flexibility index (Phi) is 11.3. The van der Waals surface area contributed by atoms with Gasteiger partial charge in [-0.3, -0.25) is 13.9 Å². The van der Waals surface area contributed by atoms with Gasteiger partial charge in [0.05, 0.1) is 22.7 Å². The first-order valence-corrected chi connectivity index (χ1v) is 16.4. The lowest BCUT2D eigenvalue weighted by Crippen LogP contribution is -2.54. The number of methoxy groups -OCH3 is 1. The number of ether oxygens (including phenoxy) is 1. The maximum Gasteiger partial charge on any atom is 0.264 e. The van der Waals surface area contributed by atoms with Crippen molar-refractivity contribution >= 4 is 39.1 Å². The molecule has 236 valence electrons. The van der Waals surface area contributed by atoms with Crippen molar-refractivity contribution in [1.29, 1.82) is 0 Å². The molecule has 0 aromatic heterocycles. The first-order valence-electron chi connectivity index (χ1n) is 14.6. The number of amides is 2. The lowest BCUT2D eigenvalue weighted by molar-refractivity contribution is -0.140. The molecule has 0 radical (unpaired) electrons. The second-order valence-electron chi connectivity index (χ2n) is 11.0. The lowest BCUT2D eigenvalue weighted by atomic mass is 10.0. The Morgan fingerprint density at radius 2 is 1.51 bits per heavy atom.